The Hall–Kier alpha value is -0.870. The van der Waals surface area contributed by atoms with Crippen LogP contribution >= 0.6 is 15.9 Å². The Bertz CT molecular complexity index is 277. The van der Waals surface area contributed by atoms with Gasteiger partial charge in [-0.05, 0) is 5.56 Å². The number of rotatable bonds is 5. The van der Waals surface area contributed by atoms with Gasteiger partial charge in [-0.25, -0.2) is 5.48 Å². The van der Waals surface area contributed by atoms with E-state index in [9.17, 15) is 4.79 Å². The molecule has 0 bridgehead atoms. The Kier molecular flexibility index (Phi) is 5.25. The third-order valence-corrected chi connectivity index (χ3v) is 1.99. The summed E-state index contributed by atoms with van der Waals surface area (Å²) in [7, 11) is 0. The molecule has 0 spiro atoms. The van der Waals surface area contributed by atoms with Gasteiger partial charge in [0.05, 0.1) is 6.61 Å². The third-order valence-electron chi connectivity index (χ3n) is 1.59. The Morgan fingerprint density at radius 3 is 2.71 bits per heavy atom. The van der Waals surface area contributed by atoms with Gasteiger partial charge in [-0.15, -0.1) is 0 Å². The lowest BCUT2D eigenvalue weighted by molar-refractivity contribution is -0.134. The van der Waals surface area contributed by atoms with Gasteiger partial charge in [-0.2, -0.15) is 0 Å². The maximum Gasteiger partial charge on any atom is 0.244 e. The highest BCUT2D eigenvalue weighted by atomic mass is 79.9. The monoisotopic (exact) mass is 257 g/mol. The number of hydroxylamine groups is 1. The van der Waals surface area contributed by atoms with Crippen molar-refractivity contribution in [2.75, 3.05) is 5.33 Å². The van der Waals surface area contributed by atoms with Crippen LogP contribution in [0.3, 0.4) is 0 Å². The Morgan fingerprint density at radius 1 is 1.36 bits per heavy atom. The van der Waals surface area contributed by atoms with Crippen molar-refractivity contribution in [3.05, 3.63) is 35.9 Å². The molecule has 4 heteroatoms. The van der Waals surface area contributed by atoms with Crippen molar-refractivity contribution >= 4 is 21.8 Å². The van der Waals surface area contributed by atoms with E-state index in [1.54, 1.807) is 0 Å². The lowest BCUT2D eigenvalue weighted by Crippen LogP contribution is -2.23. The summed E-state index contributed by atoms with van der Waals surface area (Å²) < 4.78 is 0. The largest absolute Gasteiger partial charge is 0.273 e. The molecule has 1 amide bonds. The summed E-state index contributed by atoms with van der Waals surface area (Å²) >= 11 is 3.17. The fourth-order valence-corrected chi connectivity index (χ4v) is 1.27. The van der Waals surface area contributed by atoms with Crippen molar-refractivity contribution in [2.24, 2.45) is 0 Å². The van der Waals surface area contributed by atoms with Crippen molar-refractivity contribution in [3.8, 4) is 0 Å². The molecule has 0 atom stereocenters. The summed E-state index contributed by atoms with van der Waals surface area (Å²) in [4.78, 5) is 16.0. The number of alkyl halides is 1. The first-order chi connectivity index (χ1) is 6.83. The molecule has 1 N–H and O–H groups in total. The smallest absolute Gasteiger partial charge is 0.244 e. The number of carbonyl (C=O) groups excluding carboxylic acids is 1. The van der Waals surface area contributed by atoms with E-state index in [2.05, 4.69) is 21.4 Å². The van der Waals surface area contributed by atoms with Gasteiger partial charge in [0, 0.05) is 11.8 Å². The molecule has 3 nitrogen and oxygen atoms in total. The number of halogens is 1. The topological polar surface area (TPSA) is 38.3 Å². The summed E-state index contributed by atoms with van der Waals surface area (Å²) in [6.45, 7) is 0.398. The van der Waals surface area contributed by atoms with Crippen LogP contribution in [0.1, 0.15) is 12.0 Å². The molecule has 0 aliphatic rings. The van der Waals surface area contributed by atoms with Gasteiger partial charge in [0.25, 0.3) is 0 Å². The van der Waals surface area contributed by atoms with Crippen LogP contribution in [-0.2, 0) is 16.2 Å². The van der Waals surface area contributed by atoms with Crippen LogP contribution in [0.25, 0.3) is 0 Å². The zero-order valence-corrected chi connectivity index (χ0v) is 9.29. The highest BCUT2D eigenvalue weighted by Crippen LogP contribution is 1.99. The van der Waals surface area contributed by atoms with E-state index in [1.165, 1.54) is 0 Å². The normalized spacial score (nSPS) is 9.79. The molecule has 0 aliphatic carbocycles. The van der Waals surface area contributed by atoms with Gasteiger partial charge in [0.2, 0.25) is 5.91 Å². The number of hydrogen-bond acceptors (Lipinski definition) is 2. The standard InChI is InChI=1S/C10H12BrNO2/c11-7-6-10(13)12-14-8-9-4-2-1-3-5-9/h1-5H,6-8H2,(H,12,13). The molecule has 14 heavy (non-hydrogen) atoms. The Labute approximate surface area is 91.5 Å². The first-order valence-electron chi connectivity index (χ1n) is 4.33. The van der Waals surface area contributed by atoms with E-state index in [-0.39, 0.29) is 5.91 Å². The maximum atomic E-state index is 11.0. The molecular formula is C10H12BrNO2. The van der Waals surface area contributed by atoms with E-state index < -0.39 is 0 Å². The third kappa shape index (κ3) is 4.39. The molecule has 1 aromatic carbocycles. The lowest BCUT2D eigenvalue weighted by atomic mass is 10.2. The van der Waals surface area contributed by atoms with Gasteiger partial charge in [0.15, 0.2) is 0 Å². The molecule has 0 saturated carbocycles. The second-order valence-corrected chi connectivity index (χ2v) is 3.53. The SMILES string of the molecule is O=C(CCBr)NOCc1ccccc1. The van der Waals surface area contributed by atoms with Crippen LogP contribution in [0.5, 0.6) is 0 Å². The van der Waals surface area contributed by atoms with Gasteiger partial charge in [0.1, 0.15) is 0 Å². The van der Waals surface area contributed by atoms with Gasteiger partial charge in [-0.1, -0.05) is 46.3 Å². The van der Waals surface area contributed by atoms with Crippen LogP contribution in [0.2, 0.25) is 0 Å². The highest BCUT2D eigenvalue weighted by Gasteiger charge is 1.98. The van der Waals surface area contributed by atoms with Crippen LogP contribution in [0, 0.1) is 0 Å². The van der Waals surface area contributed by atoms with Crippen LogP contribution in [0.4, 0.5) is 0 Å². The predicted octanol–water partition coefficient (Wildman–Crippen LogP) is 2.02. The van der Waals surface area contributed by atoms with Crippen molar-refractivity contribution in [1.82, 2.24) is 5.48 Å². The number of nitrogens with one attached hydrogen (secondary N) is 1. The van der Waals surface area contributed by atoms with E-state index in [1.807, 2.05) is 30.3 Å². The molecule has 0 radical (unpaired) electrons. The minimum atomic E-state index is -0.113. The molecule has 0 aromatic heterocycles. The molecule has 0 fully saturated rings. The van der Waals surface area contributed by atoms with Crippen molar-refractivity contribution in [3.63, 3.8) is 0 Å². The molecular weight excluding hydrogens is 246 g/mol. The van der Waals surface area contributed by atoms with Crippen LogP contribution in [-0.4, -0.2) is 11.2 Å². The minimum Gasteiger partial charge on any atom is -0.273 e. The quantitative estimate of drug-likeness (QED) is 0.648. The zero-order chi connectivity index (χ0) is 10.2. The molecule has 1 rings (SSSR count). The summed E-state index contributed by atoms with van der Waals surface area (Å²) in [6.07, 6.45) is 0.425. The second-order valence-electron chi connectivity index (χ2n) is 2.74. The maximum absolute atomic E-state index is 11.0. The van der Waals surface area contributed by atoms with Crippen molar-refractivity contribution < 1.29 is 9.63 Å². The first-order valence-corrected chi connectivity index (χ1v) is 5.45. The molecule has 76 valence electrons. The highest BCUT2D eigenvalue weighted by molar-refractivity contribution is 9.09. The molecule has 0 unspecified atom stereocenters. The number of benzene rings is 1. The number of carbonyl (C=O) groups is 1. The van der Waals surface area contributed by atoms with E-state index in [0.717, 1.165) is 5.56 Å². The van der Waals surface area contributed by atoms with E-state index in [4.69, 9.17) is 4.84 Å². The minimum absolute atomic E-state index is 0.113. The average molecular weight is 258 g/mol. The first kappa shape index (κ1) is 11.2. The average Bonchev–Trinajstić information content (AvgIpc) is 2.20. The zero-order valence-electron chi connectivity index (χ0n) is 7.70. The van der Waals surface area contributed by atoms with E-state index in [0.29, 0.717) is 18.4 Å². The molecule has 1 aromatic rings. The van der Waals surface area contributed by atoms with Gasteiger partial charge >= 0.3 is 0 Å². The van der Waals surface area contributed by atoms with Gasteiger partial charge in [-0.3, -0.25) is 9.63 Å². The number of amides is 1. The summed E-state index contributed by atoms with van der Waals surface area (Å²) in [5.41, 5.74) is 3.40. The predicted molar refractivity (Wildman–Crippen MR) is 57.8 cm³/mol. The number of hydrogen-bond donors (Lipinski definition) is 1. The molecule has 0 saturated heterocycles. The molecule has 0 heterocycles. The van der Waals surface area contributed by atoms with Crippen molar-refractivity contribution in [2.45, 2.75) is 13.0 Å². The fourth-order valence-electron chi connectivity index (χ4n) is 0.911. The second kappa shape index (κ2) is 6.56. The van der Waals surface area contributed by atoms with Gasteiger partial charge < -0.3 is 0 Å². The van der Waals surface area contributed by atoms with E-state index >= 15 is 0 Å². The van der Waals surface area contributed by atoms with Crippen LogP contribution in [0.15, 0.2) is 30.3 Å². The van der Waals surface area contributed by atoms with Crippen molar-refractivity contribution in [1.29, 1.82) is 0 Å². The van der Waals surface area contributed by atoms with Crippen LogP contribution < -0.4 is 5.48 Å². The Balaban J connectivity index is 2.19. The molecule has 0 aliphatic heterocycles. The summed E-state index contributed by atoms with van der Waals surface area (Å²) in [6, 6.07) is 9.68. The fraction of sp³-hybridized carbons (Fsp3) is 0.300. The lowest BCUT2D eigenvalue weighted by Gasteiger charge is -2.04. The Morgan fingerprint density at radius 2 is 2.07 bits per heavy atom. The summed E-state index contributed by atoms with van der Waals surface area (Å²) in [5, 5.41) is 0.646. The summed E-state index contributed by atoms with van der Waals surface area (Å²) in [5.74, 6) is -0.113.